The quantitative estimate of drug-likeness (QED) is 0.412. The SMILES string of the molecule is CC(C)c1cc(Oc2cccc(F)c2)nc(SCc2ccccc2)n1. The van der Waals surface area contributed by atoms with Crippen LogP contribution in [0.1, 0.15) is 31.0 Å². The van der Waals surface area contributed by atoms with Crippen molar-refractivity contribution >= 4 is 11.8 Å². The first kappa shape index (κ1) is 17.4. The van der Waals surface area contributed by atoms with Gasteiger partial charge in [0.25, 0.3) is 0 Å². The molecule has 0 aliphatic rings. The van der Waals surface area contributed by atoms with Crippen LogP contribution in [-0.2, 0) is 5.75 Å². The molecular weight excluding hydrogens is 335 g/mol. The smallest absolute Gasteiger partial charge is 0.223 e. The molecule has 0 saturated carbocycles. The Kier molecular flexibility index (Phi) is 5.66. The molecule has 3 nitrogen and oxygen atoms in total. The zero-order valence-corrected chi connectivity index (χ0v) is 15.0. The van der Waals surface area contributed by atoms with Crippen LogP contribution in [0.4, 0.5) is 4.39 Å². The van der Waals surface area contributed by atoms with Gasteiger partial charge in [0, 0.05) is 17.9 Å². The van der Waals surface area contributed by atoms with E-state index < -0.39 is 0 Å². The summed E-state index contributed by atoms with van der Waals surface area (Å²) < 4.78 is 19.1. The number of rotatable bonds is 6. The van der Waals surface area contributed by atoms with Crippen LogP contribution in [0.15, 0.2) is 65.8 Å². The van der Waals surface area contributed by atoms with E-state index >= 15 is 0 Å². The van der Waals surface area contributed by atoms with Gasteiger partial charge in [-0.05, 0) is 23.6 Å². The molecule has 0 aliphatic heterocycles. The average Bonchev–Trinajstić information content (AvgIpc) is 2.61. The lowest BCUT2D eigenvalue weighted by Gasteiger charge is -2.11. The summed E-state index contributed by atoms with van der Waals surface area (Å²) >= 11 is 1.56. The average molecular weight is 354 g/mol. The van der Waals surface area contributed by atoms with E-state index in [1.54, 1.807) is 23.9 Å². The Labute approximate surface area is 151 Å². The van der Waals surface area contributed by atoms with Crippen LogP contribution in [0.5, 0.6) is 11.6 Å². The first-order chi connectivity index (χ1) is 12.1. The number of thioether (sulfide) groups is 1. The van der Waals surface area contributed by atoms with Gasteiger partial charge in [0.05, 0.1) is 5.69 Å². The Morgan fingerprint density at radius 3 is 2.52 bits per heavy atom. The highest BCUT2D eigenvalue weighted by atomic mass is 32.2. The lowest BCUT2D eigenvalue weighted by atomic mass is 10.1. The van der Waals surface area contributed by atoms with E-state index in [1.165, 1.54) is 17.7 Å². The maximum absolute atomic E-state index is 13.3. The third kappa shape index (κ3) is 5.03. The van der Waals surface area contributed by atoms with Crippen molar-refractivity contribution in [1.82, 2.24) is 9.97 Å². The Morgan fingerprint density at radius 1 is 1.00 bits per heavy atom. The molecule has 0 unspecified atom stereocenters. The van der Waals surface area contributed by atoms with E-state index in [1.807, 2.05) is 24.3 Å². The van der Waals surface area contributed by atoms with Crippen LogP contribution in [0.2, 0.25) is 0 Å². The van der Waals surface area contributed by atoms with Crippen LogP contribution in [0.3, 0.4) is 0 Å². The predicted molar refractivity (Wildman–Crippen MR) is 98.6 cm³/mol. The van der Waals surface area contributed by atoms with E-state index in [0.29, 0.717) is 16.8 Å². The van der Waals surface area contributed by atoms with Crippen molar-refractivity contribution in [3.63, 3.8) is 0 Å². The molecule has 3 rings (SSSR count). The molecule has 0 atom stereocenters. The van der Waals surface area contributed by atoms with Gasteiger partial charge in [-0.15, -0.1) is 0 Å². The number of aromatic nitrogens is 2. The van der Waals surface area contributed by atoms with Gasteiger partial charge in [-0.25, -0.2) is 9.37 Å². The predicted octanol–water partition coefficient (Wildman–Crippen LogP) is 5.82. The lowest BCUT2D eigenvalue weighted by Crippen LogP contribution is -2.00. The fraction of sp³-hybridized carbons (Fsp3) is 0.200. The molecule has 5 heteroatoms. The van der Waals surface area contributed by atoms with Crippen molar-refractivity contribution in [3.05, 3.63) is 77.7 Å². The molecule has 0 N–H and O–H groups in total. The van der Waals surface area contributed by atoms with Crippen molar-refractivity contribution in [2.24, 2.45) is 0 Å². The third-order valence-corrected chi connectivity index (χ3v) is 4.44. The third-order valence-electron chi connectivity index (χ3n) is 3.52. The van der Waals surface area contributed by atoms with Gasteiger partial charge in [-0.3, -0.25) is 0 Å². The normalized spacial score (nSPS) is 10.9. The maximum Gasteiger partial charge on any atom is 0.223 e. The second-order valence-electron chi connectivity index (χ2n) is 5.90. The second-order valence-corrected chi connectivity index (χ2v) is 6.84. The largest absolute Gasteiger partial charge is 0.439 e. The van der Waals surface area contributed by atoms with E-state index in [2.05, 4.69) is 35.9 Å². The van der Waals surface area contributed by atoms with Gasteiger partial charge in [0.15, 0.2) is 5.16 Å². The summed E-state index contributed by atoms with van der Waals surface area (Å²) in [4.78, 5) is 9.07. The highest BCUT2D eigenvalue weighted by molar-refractivity contribution is 7.98. The van der Waals surface area contributed by atoms with Crippen molar-refractivity contribution in [1.29, 1.82) is 0 Å². The molecule has 2 aromatic carbocycles. The summed E-state index contributed by atoms with van der Waals surface area (Å²) in [6.45, 7) is 4.14. The zero-order valence-electron chi connectivity index (χ0n) is 14.1. The monoisotopic (exact) mass is 354 g/mol. The Balaban J connectivity index is 1.81. The first-order valence-corrected chi connectivity index (χ1v) is 9.08. The van der Waals surface area contributed by atoms with Crippen LogP contribution in [-0.4, -0.2) is 9.97 Å². The Morgan fingerprint density at radius 2 is 1.80 bits per heavy atom. The van der Waals surface area contributed by atoms with Gasteiger partial charge in [0.1, 0.15) is 11.6 Å². The standard InChI is InChI=1S/C20H19FN2OS/c1-14(2)18-12-19(24-17-10-6-9-16(21)11-17)23-20(22-18)25-13-15-7-4-3-5-8-15/h3-12,14H,13H2,1-2H3. The molecule has 0 spiro atoms. The molecule has 0 radical (unpaired) electrons. The number of nitrogens with zero attached hydrogens (tertiary/aromatic N) is 2. The molecule has 0 aliphatic carbocycles. The summed E-state index contributed by atoms with van der Waals surface area (Å²) in [7, 11) is 0. The van der Waals surface area contributed by atoms with Crippen LogP contribution >= 0.6 is 11.8 Å². The molecule has 25 heavy (non-hydrogen) atoms. The summed E-state index contributed by atoms with van der Waals surface area (Å²) in [6, 6.07) is 18.0. The van der Waals surface area contributed by atoms with Crippen molar-refractivity contribution < 1.29 is 9.13 Å². The number of benzene rings is 2. The van der Waals surface area contributed by atoms with Crippen molar-refractivity contribution in [2.45, 2.75) is 30.7 Å². The van der Waals surface area contributed by atoms with Gasteiger partial charge in [-0.1, -0.05) is 62.0 Å². The van der Waals surface area contributed by atoms with Crippen LogP contribution < -0.4 is 4.74 Å². The van der Waals surface area contributed by atoms with Gasteiger partial charge in [-0.2, -0.15) is 4.98 Å². The number of hydrogen-bond acceptors (Lipinski definition) is 4. The highest BCUT2D eigenvalue weighted by Gasteiger charge is 2.10. The maximum atomic E-state index is 13.3. The molecular formula is C20H19FN2OS. The van der Waals surface area contributed by atoms with Crippen LogP contribution in [0, 0.1) is 5.82 Å². The van der Waals surface area contributed by atoms with E-state index in [4.69, 9.17) is 4.74 Å². The van der Waals surface area contributed by atoms with E-state index in [0.717, 1.165) is 11.4 Å². The van der Waals surface area contributed by atoms with Crippen molar-refractivity contribution in [2.75, 3.05) is 0 Å². The first-order valence-electron chi connectivity index (χ1n) is 8.09. The molecule has 0 amide bonds. The Hall–Kier alpha value is -2.40. The summed E-state index contributed by atoms with van der Waals surface area (Å²) in [5.74, 6) is 1.54. The number of ether oxygens (including phenoxy) is 1. The Bertz CT molecular complexity index is 840. The zero-order chi connectivity index (χ0) is 17.6. The van der Waals surface area contributed by atoms with Crippen LogP contribution in [0.25, 0.3) is 0 Å². The number of hydrogen-bond donors (Lipinski definition) is 0. The summed E-state index contributed by atoms with van der Waals surface area (Å²) in [5.41, 5.74) is 2.11. The van der Waals surface area contributed by atoms with Gasteiger partial charge < -0.3 is 4.74 Å². The molecule has 0 bridgehead atoms. The molecule has 0 fully saturated rings. The van der Waals surface area contributed by atoms with Gasteiger partial charge >= 0.3 is 0 Å². The molecule has 1 aromatic heterocycles. The van der Waals surface area contributed by atoms with E-state index in [9.17, 15) is 4.39 Å². The lowest BCUT2D eigenvalue weighted by molar-refractivity contribution is 0.448. The molecule has 0 saturated heterocycles. The fourth-order valence-corrected chi connectivity index (χ4v) is 3.02. The number of halogens is 1. The fourth-order valence-electron chi connectivity index (χ4n) is 2.21. The van der Waals surface area contributed by atoms with Crippen molar-refractivity contribution in [3.8, 4) is 11.6 Å². The second kappa shape index (κ2) is 8.12. The summed E-state index contributed by atoms with van der Waals surface area (Å²) in [6.07, 6.45) is 0. The summed E-state index contributed by atoms with van der Waals surface area (Å²) in [5, 5.41) is 0.654. The topological polar surface area (TPSA) is 35.0 Å². The highest BCUT2D eigenvalue weighted by Crippen LogP contribution is 2.27. The van der Waals surface area contributed by atoms with Gasteiger partial charge in [0.2, 0.25) is 5.88 Å². The minimum absolute atomic E-state index is 0.244. The molecule has 128 valence electrons. The van der Waals surface area contributed by atoms with E-state index in [-0.39, 0.29) is 11.7 Å². The molecule has 3 aromatic rings. The minimum atomic E-state index is -0.339. The minimum Gasteiger partial charge on any atom is -0.439 e. The molecule has 1 heterocycles.